The number of phenols is 1. The van der Waals surface area contributed by atoms with E-state index < -0.39 is 5.97 Å². The van der Waals surface area contributed by atoms with Gasteiger partial charge in [-0.2, -0.15) is 0 Å². The highest BCUT2D eigenvalue weighted by Gasteiger charge is 2.21. The molecule has 0 radical (unpaired) electrons. The van der Waals surface area contributed by atoms with Crippen molar-refractivity contribution in [3.05, 3.63) is 60.0 Å². The van der Waals surface area contributed by atoms with E-state index in [1.54, 1.807) is 25.1 Å². The van der Waals surface area contributed by atoms with Crippen molar-refractivity contribution in [3.63, 3.8) is 0 Å². The van der Waals surface area contributed by atoms with Gasteiger partial charge in [0.1, 0.15) is 11.6 Å². The number of hydrogen-bond donors (Lipinski definition) is 1. The molecular weight excluding hydrogens is 325 g/mol. The molecular formula is C19H16FNO4. The molecule has 0 spiro atoms. The quantitative estimate of drug-likeness (QED) is 0.711. The zero-order valence-corrected chi connectivity index (χ0v) is 13.5. The molecule has 0 aliphatic heterocycles. The number of phenolic OH excluding ortho intramolecular Hbond substituents is 1. The highest BCUT2D eigenvalue weighted by atomic mass is 19.1. The number of rotatable bonds is 5. The van der Waals surface area contributed by atoms with Gasteiger partial charge in [0.25, 0.3) is 0 Å². The van der Waals surface area contributed by atoms with Crippen molar-refractivity contribution in [2.45, 2.75) is 13.3 Å². The second-order valence-electron chi connectivity index (χ2n) is 5.30. The lowest BCUT2D eigenvalue weighted by molar-refractivity contribution is -0.142. The van der Waals surface area contributed by atoms with Crippen LogP contribution in [0.5, 0.6) is 5.75 Å². The minimum absolute atomic E-state index is 0.00872. The maximum absolute atomic E-state index is 13.1. The summed E-state index contributed by atoms with van der Waals surface area (Å²) in [7, 11) is 0. The Bertz CT molecular complexity index is 887. The molecule has 2 aromatic carbocycles. The van der Waals surface area contributed by atoms with Crippen LogP contribution in [0.3, 0.4) is 0 Å². The van der Waals surface area contributed by atoms with Gasteiger partial charge in [0.05, 0.1) is 24.3 Å². The van der Waals surface area contributed by atoms with Gasteiger partial charge in [0.15, 0.2) is 5.76 Å². The summed E-state index contributed by atoms with van der Waals surface area (Å²) < 4.78 is 23.9. The largest absolute Gasteiger partial charge is 0.507 e. The van der Waals surface area contributed by atoms with E-state index in [0.29, 0.717) is 16.8 Å². The molecule has 3 aromatic rings. The number of halogens is 1. The normalized spacial score (nSPS) is 10.6. The molecule has 0 atom stereocenters. The molecule has 128 valence electrons. The summed E-state index contributed by atoms with van der Waals surface area (Å²) in [6.07, 6.45) is -0.0950. The van der Waals surface area contributed by atoms with E-state index in [1.807, 2.05) is 0 Å². The molecule has 0 aliphatic rings. The minimum atomic E-state index is -0.446. The van der Waals surface area contributed by atoms with Gasteiger partial charge in [-0.1, -0.05) is 12.1 Å². The van der Waals surface area contributed by atoms with Gasteiger partial charge in [0.2, 0.25) is 5.89 Å². The average molecular weight is 341 g/mol. The summed E-state index contributed by atoms with van der Waals surface area (Å²) in [5.74, 6) is -0.293. The fourth-order valence-corrected chi connectivity index (χ4v) is 2.41. The van der Waals surface area contributed by atoms with Crippen LogP contribution in [0, 0.1) is 5.82 Å². The smallest absolute Gasteiger partial charge is 0.312 e. The summed E-state index contributed by atoms with van der Waals surface area (Å²) in [6.45, 7) is 1.97. The number of benzene rings is 2. The molecule has 0 saturated carbocycles. The summed E-state index contributed by atoms with van der Waals surface area (Å²) in [6, 6.07) is 12.3. The number of aromatic nitrogens is 1. The third kappa shape index (κ3) is 3.68. The number of nitrogens with zero attached hydrogens (tertiary/aromatic N) is 1. The molecule has 1 aromatic heterocycles. The zero-order valence-electron chi connectivity index (χ0n) is 13.5. The van der Waals surface area contributed by atoms with E-state index in [9.17, 15) is 14.3 Å². The van der Waals surface area contributed by atoms with Crippen molar-refractivity contribution in [1.82, 2.24) is 4.98 Å². The van der Waals surface area contributed by atoms with Crippen LogP contribution in [0.15, 0.2) is 52.9 Å². The summed E-state index contributed by atoms with van der Waals surface area (Å²) >= 11 is 0. The number of para-hydroxylation sites is 1. The minimum Gasteiger partial charge on any atom is -0.507 e. The van der Waals surface area contributed by atoms with Crippen LogP contribution in [0.2, 0.25) is 0 Å². The first-order valence-electron chi connectivity index (χ1n) is 7.78. The Labute approximate surface area is 143 Å². The van der Waals surface area contributed by atoms with E-state index >= 15 is 0 Å². The Hall–Kier alpha value is -3.15. The SMILES string of the molecule is CCOC(=O)Cc1nc(-c2ccc(F)cc2)oc1-c1ccccc1O. The first-order chi connectivity index (χ1) is 12.1. The third-order valence-electron chi connectivity index (χ3n) is 3.55. The summed E-state index contributed by atoms with van der Waals surface area (Å²) in [4.78, 5) is 16.2. The number of carbonyl (C=O) groups excluding carboxylic acids is 1. The second-order valence-corrected chi connectivity index (χ2v) is 5.30. The van der Waals surface area contributed by atoms with Crippen LogP contribution in [0.4, 0.5) is 4.39 Å². The molecule has 0 unspecified atom stereocenters. The number of ether oxygens (including phenoxy) is 1. The van der Waals surface area contributed by atoms with Gasteiger partial charge in [-0.3, -0.25) is 4.79 Å². The molecule has 1 N–H and O–H groups in total. The Morgan fingerprint density at radius 2 is 1.92 bits per heavy atom. The van der Waals surface area contributed by atoms with E-state index in [4.69, 9.17) is 9.15 Å². The predicted molar refractivity (Wildman–Crippen MR) is 89.3 cm³/mol. The van der Waals surface area contributed by atoms with Crippen LogP contribution in [0.1, 0.15) is 12.6 Å². The fraction of sp³-hybridized carbons (Fsp3) is 0.158. The summed E-state index contributed by atoms with van der Waals surface area (Å²) in [5.41, 5.74) is 1.33. The van der Waals surface area contributed by atoms with E-state index in [-0.39, 0.29) is 36.2 Å². The third-order valence-corrected chi connectivity index (χ3v) is 3.55. The van der Waals surface area contributed by atoms with Crippen molar-refractivity contribution >= 4 is 5.97 Å². The average Bonchev–Trinajstić information content (AvgIpc) is 2.99. The van der Waals surface area contributed by atoms with Gasteiger partial charge in [-0.05, 0) is 43.3 Å². The molecule has 5 nitrogen and oxygen atoms in total. The number of carbonyl (C=O) groups is 1. The molecule has 0 fully saturated rings. The van der Waals surface area contributed by atoms with Crippen molar-refractivity contribution in [1.29, 1.82) is 0 Å². The molecule has 0 bridgehead atoms. The Morgan fingerprint density at radius 1 is 1.20 bits per heavy atom. The van der Waals surface area contributed by atoms with Gasteiger partial charge in [0, 0.05) is 5.56 Å². The lowest BCUT2D eigenvalue weighted by Crippen LogP contribution is -2.08. The van der Waals surface area contributed by atoms with Crippen LogP contribution < -0.4 is 0 Å². The number of oxazole rings is 1. The first-order valence-corrected chi connectivity index (χ1v) is 7.78. The first kappa shape index (κ1) is 16.7. The predicted octanol–water partition coefficient (Wildman–Crippen LogP) is 3.96. The second kappa shape index (κ2) is 7.17. The zero-order chi connectivity index (χ0) is 17.8. The van der Waals surface area contributed by atoms with Crippen molar-refractivity contribution in [3.8, 4) is 28.5 Å². The summed E-state index contributed by atoms with van der Waals surface area (Å²) in [5, 5.41) is 10.1. The lowest BCUT2D eigenvalue weighted by Gasteiger charge is -2.03. The Balaban J connectivity index is 2.06. The number of esters is 1. The van der Waals surface area contributed by atoms with Crippen molar-refractivity contribution < 1.29 is 23.4 Å². The van der Waals surface area contributed by atoms with Gasteiger partial charge in [-0.15, -0.1) is 0 Å². The molecule has 1 heterocycles. The highest BCUT2D eigenvalue weighted by Crippen LogP contribution is 2.35. The maximum atomic E-state index is 13.1. The monoisotopic (exact) mass is 341 g/mol. The number of hydrogen-bond acceptors (Lipinski definition) is 5. The molecule has 0 aliphatic carbocycles. The standard InChI is InChI=1S/C19H16FNO4/c1-2-24-17(23)11-15-18(14-5-3-4-6-16(14)22)25-19(21-15)12-7-9-13(20)10-8-12/h3-10,22H,2,11H2,1H3. The van der Waals surface area contributed by atoms with Gasteiger partial charge < -0.3 is 14.3 Å². The van der Waals surface area contributed by atoms with Crippen LogP contribution in [-0.2, 0) is 16.0 Å². The molecule has 6 heteroatoms. The van der Waals surface area contributed by atoms with Gasteiger partial charge >= 0.3 is 5.97 Å². The topological polar surface area (TPSA) is 72.6 Å². The molecule has 3 rings (SSSR count). The Kier molecular flexibility index (Phi) is 4.79. The Morgan fingerprint density at radius 3 is 2.60 bits per heavy atom. The van der Waals surface area contributed by atoms with Crippen LogP contribution in [-0.4, -0.2) is 22.7 Å². The molecule has 0 saturated heterocycles. The van der Waals surface area contributed by atoms with Crippen LogP contribution >= 0.6 is 0 Å². The molecule has 25 heavy (non-hydrogen) atoms. The fourth-order valence-electron chi connectivity index (χ4n) is 2.41. The maximum Gasteiger partial charge on any atom is 0.312 e. The van der Waals surface area contributed by atoms with E-state index in [1.165, 1.54) is 30.3 Å². The molecule has 0 amide bonds. The van der Waals surface area contributed by atoms with Crippen molar-refractivity contribution in [2.75, 3.05) is 6.61 Å². The van der Waals surface area contributed by atoms with Crippen molar-refractivity contribution in [2.24, 2.45) is 0 Å². The van der Waals surface area contributed by atoms with Gasteiger partial charge in [-0.25, -0.2) is 9.37 Å². The van der Waals surface area contributed by atoms with E-state index in [0.717, 1.165) is 0 Å². The van der Waals surface area contributed by atoms with E-state index in [2.05, 4.69) is 4.98 Å². The highest BCUT2D eigenvalue weighted by molar-refractivity contribution is 5.77. The number of aromatic hydroxyl groups is 1. The lowest BCUT2D eigenvalue weighted by atomic mass is 10.1. The van der Waals surface area contributed by atoms with Crippen LogP contribution in [0.25, 0.3) is 22.8 Å².